The molecular weight excluding hydrogens is 144 g/mol. The quantitative estimate of drug-likeness (QED) is 0.389. The maximum Gasteiger partial charge on any atom is 0.222 e. The van der Waals surface area contributed by atoms with E-state index in [-0.39, 0.29) is 0 Å². The number of rotatable bonds is 2. The van der Waals surface area contributed by atoms with Crippen LogP contribution in [0.5, 0.6) is 5.88 Å². The zero-order chi connectivity index (χ0) is 8.10. The molecule has 0 aliphatic rings. The van der Waals surface area contributed by atoms with Gasteiger partial charge in [-0.2, -0.15) is 0 Å². The van der Waals surface area contributed by atoms with Crippen molar-refractivity contribution in [3.8, 4) is 5.88 Å². The largest absolute Gasteiger partial charge is 0.481 e. The minimum Gasteiger partial charge on any atom is -0.481 e. The molecule has 4 heteroatoms. The van der Waals surface area contributed by atoms with Crippen LogP contribution in [0.3, 0.4) is 0 Å². The highest BCUT2D eigenvalue weighted by Crippen LogP contribution is 2.09. The fraction of sp³-hybridized carbons (Fsp3) is 0.143. The lowest BCUT2D eigenvalue weighted by molar-refractivity contribution is 0.321. The number of nitrogens with zero attached hydrogens (tertiary/aromatic N) is 2. The fourth-order valence-electron chi connectivity index (χ4n) is 0.734. The van der Waals surface area contributed by atoms with Gasteiger partial charge < -0.3 is 9.94 Å². The van der Waals surface area contributed by atoms with Gasteiger partial charge in [-0.15, -0.1) is 0 Å². The van der Waals surface area contributed by atoms with Gasteiger partial charge in [0.1, 0.15) is 0 Å². The molecule has 0 spiro atoms. The van der Waals surface area contributed by atoms with Crippen LogP contribution in [0.1, 0.15) is 5.56 Å². The van der Waals surface area contributed by atoms with E-state index in [1.165, 1.54) is 13.3 Å². The van der Waals surface area contributed by atoms with Crippen LogP contribution >= 0.6 is 0 Å². The summed E-state index contributed by atoms with van der Waals surface area (Å²) in [7, 11) is 1.51. The Bertz CT molecular complexity index is 260. The monoisotopic (exact) mass is 152 g/mol. The smallest absolute Gasteiger partial charge is 0.222 e. The molecule has 1 aromatic heterocycles. The lowest BCUT2D eigenvalue weighted by Crippen LogP contribution is -1.92. The second-order valence-corrected chi connectivity index (χ2v) is 1.85. The van der Waals surface area contributed by atoms with Gasteiger partial charge in [-0.3, -0.25) is 0 Å². The second-order valence-electron chi connectivity index (χ2n) is 1.85. The van der Waals surface area contributed by atoms with E-state index in [9.17, 15) is 0 Å². The number of hydrogen-bond donors (Lipinski definition) is 1. The molecule has 4 nitrogen and oxygen atoms in total. The first-order valence-electron chi connectivity index (χ1n) is 3.05. The van der Waals surface area contributed by atoms with Gasteiger partial charge in [0.15, 0.2) is 0 Å². The van der Waals surface area contributed by atoms with E-state index < -0.39 is 0 Å². The number of pyridine rings is 1. The molecule has 0 unspecified atom stereocenters. The van der Waals surface area contributed by atoms with Gasteiger partial charge in [0.2, 0.25) is 5.88 Å². The van der Waals surface area contributed by atoms with Gasteiger partial charge in [-0.25, -0.2) is 4.98 Å². The van der Waals surface area contributed by atoms with Crippen molar-refractivity contribution < 1.29 is 9.94 Å². The predicted octanol–water partition coefficient (Wildman–Crippen LogP) is 0.898. The maximum atomic E-state index is 8.23. The summed E-state index contributed by atoms with van der Waals surface area (Å²) >= 11 is 0. The van der Waals surface area contributed by atoms with Gasteiger partial charge >= 0.3 is 0 Å². The van der Waals surface area contributed by atoms with Crippen molar-refractivity contribution in [2.45, 2.75) is 0 Å². The zero-order valence-electron chi connectivity index (χ0n) is 6.06. The third kappa shape index (κ3) is 1.67. The van der Waals surface area contributed by atoms with E-state index in [0.29, 0.717) is 11.4 Å². The highest BCUT2D eigenvalue weighted by molar-refractivity contribution is 5.81. The highest BCUT2D eigenvalue weighted by atomic mass is 16.5. The van der Waals surface area contributed by atoms with Gasteiger partial charge in [0, 0.05) is 6.20 Å². The summed E-state index contributed by atoms with van der Waals surface area (Å²) in [6.07, 6.45) is 2.87. The number of ether oxygens (including phenoxy) is 1. The van der Waals surface area contributed by atoms with E-state index >= 15 is 0 Å². The van der Waals surface area contributed by atoms with Gasteiger partial charge in [-0.1, -0.05) is 5.16 Å². The van der Waals surface area contributed by atoms with Crippen LogP contribution in [0.25, 0.3) is 0 Å². The van der Waals surface area contributed by atoms with E-state index in [0.717, 1.165) is 0 Å². The van der Waals surface area contributed by atoms with Crippen molar-refractivity contribution in [3.05, 3.63) is 23.9 Å². The molecule has 1 heterocycles. The Hall–Kier alpha value is -1.58. The first kappa shape index (κ1) is 7.53. The molecular formula is C7H8N2O2. The topological polar surface area (TPSA) is 54.7 Å². The summed E-state index contributed by atoms with van der Waals surface area (Å²) in [6, 6.07) is 3.48. The number of hydrogen-bond acceptors (Lipinski definition) is 4. The van der Waals surface area contributed by atoms with Gasteiger partial charge in [0.05, 0.1) is 18.9 Å². The minimum atomic E-state index is 0.449. The third-order valence-electron chi connectivity index (χ3n) is 1.19. The van der Waals surface area contributed by atoms with Crippen LogP contribution in [0.2, 0.25) is 0 Å². The van der Waals surface area contributed by atoms with Crippen LogP contribution in [0, 0.1) is 0 Å². The van der Waals surface area contributed by atoms with Crippen LogP contribution in [-0.4, -0.2) is 23.5 Å². The average molecular weight is 152 g/mol. The summed E-state index contributed by atoms with van der Waals surface area (Å²) in [6.45, 7) is 0. The second kappa shape index (κ2) is 3.55. The molecule has 1 N–H and O–H groups in total. The van der Waals surface area contributed by atoms with Crippen LogP contribution < -0.4 is 4.74 Å². The number of methoxy groups -OCH3 is 1. The Balaban J connectivity index is 3.02. The Morgan fingerprint density at radius 3 is 3.18 bits per heavy atom. The zero-order valence-corrected chi connectivity index (χ0v) is 6.06. The molecule has 0 fully saturated rings. The summed E-state index contributed by atoms with van der Waals surface area (Å²) in [5.74, 6) is 0.449. The fourth-order valence-corrected chi connectivity index (χ4v) is 0.734. The Morgan fingerprint density at radius 2 is 2.55 bits per heavy atom. The minimum absolute atomic E-state index is 0.449. The molecule has 0 amide bonds. The lowest BCUT2D eigenvalue weighted by Gasteiger charge is -1.99. The predicted molar refractivity (Wildman–Crippen MR) is 40.2 cm³/mol. The van der Waals surface area contributed by atoms with Gasteiger partial charge in [-0.05, 0) is 12.1 Å². The standard InChI is InChI=1S/C7H8N2O2/c1-11-7-6(5-9-10)3-2-4-8-7/h2-5,10H,1H3/b9-5+. The molecule has 0 aliphatic carbocycles. The summed E-state index contributed by atoms with van der Waals surface area (Å²) < 4.78 is 4.88. The first-order chi connectivity index (χ1) is 5.38. The molecule has 0 atom stereocenters. The van der Waals surface area contributed by atoms with E-state index in [4.69, 9.17) is 9.94 Å². The molecule has 1 rings (SSSR count). The van der Waals surface area contributed by atoms with Crippen molar-refractivity contribution in [3.63, 3.8) is 0 Å². The van der Waals surface area contributed by atoms with Gasteiger partial charge in [0.25, 0.3) is 0 Å². The lowest BCUT2D eigenvalue weighted by atomic mass is 10.3. The highest BCUT2D eigenvalue weighted by Gasteiger charge is 1.97. The summed E-state index contributed by atoms with van der Waals surface area (Å²) in [4.78, 5) is 3.89. The molecule has 0 bridgehead atoms. The van der Waals surface area contributed by atoms with Crippen LogP contribution in [0.15, 0.2) is 23.5 Å². The van der Waals surface area contributed by atoms with E-state index in [2.05, 4.69) is 10.1 Å². The van der Waals surface area contributed by atoms with Crippen molar-refractivity contribution in [2.24, 2.45) is 5.16 Å². The SMILES string of the molecule is COc1ncccc1/C=N/O. The van der Waals surface area contributed by atoms with Crippen LogP contribution in [-0.2, 0) is 0 Å². The van der Waals surface area contributed by atoms with Crippen molar-refractivity contribution in [2.75, 3.05) is 7.11 Å². The normalized spacial score (nSPS) is 10.3. The summed E-state index contributed by atoms with van der Waals surface area (Å²) in [5.41, 5.74) is 0.650. The molecule has 1 aromatic rings. The van der Waals surface area contributed by atoms with Crippen LogP contribution in [0.4, 0.5) is 0 Å². The molecule has 0 aromatic carbocycles. The number of oxime groups is 1. The third-order valence-corrected chi connectivity index (χ3v) is 1.19. The Labute approximate surface area is 64.1 Å². The molecule has 0 saturated heterocycles. The molecule has 11 heavy (non-hydrogen) atoms. The molecule has 58 valence electrons. The molecule has 0 saturated carbocycles. The molecule has 0 radical (unpaired) electrons. The molecule has 0 aliphatic heterocycles. The Morgan fingerprint density at radius 1 is 1.73 bits per heavy atom. The van der Waals surface area contributed by atoms with Crippen molar-refractivity contribution >= 4 is 6.21 Å². The number of aromatic nitrogens is 1. The average Bonchev–Trinajstić information content (AvgIpc) is 2.06. The van der Waals surface area contributed by atoms with Crippen molar-refractivity contribution in [1.29, 1.82) is 0 Å². The van der Waals surface area contributed by atoms with E-state index in [1.807, 2.05) is 0 Å². The maximum absolute atomic E-state index is 8.23. The summed E-state index contributed by atoms with van der Waals surface area (Å²) in [5, 5.41) is 11.1. The Kier molecular flexibility index (Phi) is 2.43. The van der Waals surface area contributed by atoms with Crippen molar-refractivity contribution in [1.82, 2.24) is 4.98 Å². The first-order valence-corrected chi connectivity index (χ1v) is 3.05. The van der Waals surface area contributed by atoms with E-state index in [1.54, 1.807) is 18.3 Å².